The molecule has 0 aliphatic rings. The lowest BCUT2D eigenvalue weighted by atomic mass is 10.1. The molecule has 0 aliphatic heterocycles. The first-order valence-corrected chi connectivity index (χ1v) is 9.17. The van der Waals surface area contributed by atoms with E-state index < -0.39 is 0 Å². The summed E-state index contributed by atoms with van der Waals surface area (Å²) in [6.45, 7) is 1.93. The molecule has 144 valence electrons. The van der Waals surface area contributed by atoms with Gasteiger partial charge in [-0.05, 0) is 67.1 Å². The zero-order valence-electron chi connectivity index (χ0n) is 16.1. The molecule has 0 aliphatic carbocycles. The van der Waals surface area contributed by atoms with Crippen LogP contribution in [-0.2, 0) is 0 Å². The van der Waals surface area contributed by atoms with Crippen molar-refractivity contribution in [2.75, 3.05) is 7.11 Å². The van der Waals surface area contributed by atoms with Gasteiger partial charge in [0.25, 0.3) is 0 Å². The molecule has 29 heavy (non-hydrogen) atoms. The largest absolute Gasteiger partial charge is 0.507 e. The van der Waals surface area contributed by atoms with E-state index in [1.54, 1.807) is 31.4 Å². The van der Waals surface area contributed by atoms with E-state index in [1.165, 1.54) is 0 Å². The van der Waals surface area contributed by atoms with Gasteiger partial charge in [-0.2, -0.15) is 0 Å². The van der Waals surface area contributed by atoms with Crippen molar-refractivity contribution in [1.29, 1.82) is 0 Å². The molecule has 0 amide bonds. The number of phenolic OH excluding ortho intramolecular Hbond substituents is 2. The van der Waals surface area contributed by atoms with Gasteiger partial charge in [-0.25, -0.2) is 9.97 Å². The third-order valence-electron chi connectivity index (χ3n) is 4.67. The fourth-order valence-corrected chi connectivity index (χ4v) is 3.16. The van der Waals surface area contributed by atoms with Crippen molar-refractivity contribution < 1.29 is 14.9 Å². The highest BCUT2D eigenvalue weighted by Gasteiger charge is 2.12. The average Bonchev–Trinajstić information content (AvgIpc) is 2.74. The summed E-state index contributed by atoms with van der Waals surface area (Å²) in [6.07, 6.45) is 0. The Morgan fingerprint density at radius 2 is 1.28 bits per heavy atom. The monoisotopic (exact) mass is 384 g/mol. The Hall–Kier alpha value is -3.86. The highest BCUT2D eigenvalue weighted by Crippen LogP contribution is 2.33. The smallest absolute Gasteiger partial charge is 0.125 e. The predicted octanol–water partition coefficient (Wildman–Crippen LogP) is 5.21. The van der Waals surface area contributed by atoms with E-state index in [1.807, 2.05) is 55.5 Å². The van der Waals surface area contributed by atoms with Crippen molar-refractivity contribution in [1.82, 2.24) is 9.97 Å². The minimum absolute atomic E-state index is 0.127. The van der Waals surface area contributed by atoms with Crippen LogP contribution >= 0.6 is 0 Å². The molecule has 0 atom stereocenters. The number of aryl methyl sites for hydroxylation is 1. The van der Waals surface area contributed by atoms with E-state index in [0.717, 1.165) is 5.56 Å². The van der Waals surface area contributed by atoms with Crippen molar-refractivity contribution >= 4 is 0 Å². The minimum atomic E-state index is 0.127. The van der Waals surface area contributed by atoms with E-state index >= 15 is 0 Å². The van der Waals surface area contributed by atoms with Crippen LogP contribution in [0, 0.1) is 6.92 Å². The summed E-state index contributed by atoms with van der Waals surface area (Å²) in [5.74, 6) is 0.958. The first kappa shape index (κ1) is 18.5. The highest BCUT2D eigenvalue weighted by molar-refractivity contribution is 5.73. The standard InChI is InChI=1S/C24H20N2O3/c1-15-9-11-17(24(28)13-15)19-5-3-7-21(25-19)22-8-4-6-20(26-22)18-14-16(29-2)10-12-23(18)27/h3-14,27-28H,1-2H3. The molecule has 5 nitrogen and oxygen atoms in total. The van der Waals surface area contributed by atoms with Gasteiger partial charge in [0.05, 0.1) is 29.9 Å². The molecule has 5 heteroatoms. The van der Waals surface area contributed by atoms with Crippen LogP contribution < -0.4 is 4.74 Å². The number of nitrogens with zero attached hydrogens (tertiary/aromatic N) is 2. The third-order valence-corrected chi connectivity index (χ3v) is 4.67. The molecule has 0 radical (unpaired) electrons. The number of methoxy groups -OCH3 is 1. The predicted molar refractivity (Wildman–Crippen MR) is 113 cm³/mol. The number of phenols is 2. The third kappa shape index (κ3) is 3.75. The number of benzene rings is 2. The molecule has 0 unspecified atom stereocenters. The first-order valence-electron chi connectivity index (χ1n) is 9.17. The van der Waals surface area contributed by atoms with Crippen LogP contribution in [0.5, 0.6) is 17.2 Å². The maximum Gasteiger partial charge on any atom is 0.125 e. The Morgan fingerprint density at radius 1 is 0.655 bits per heavy atom. The Labute approximate surface area is 168 Å². The lowest BCUT2D eigenvalue weighted by molar-refractivity contribution is 0.412. The number of hydrogen-bond acceptors (Lipinski definition) is 5. The van der Waals surface area contributed by atoms with Crippen molar-refractivity contribution in [2.24, 2.45) is 0 Å². The molecule has 2 aromatic heterocycles. The number of aromatic hydroxyl groups is 2. The first-order chi connectivity index (χ1) is 14.0. The number of rotatable bonds is 4. The summed E-state index contributed by atoms with van der Waals surface area (Å²) in [6, 6.07) is 21.7. The molecule has 0 saturated heterocycles. The van der Waals surface area contributed by atoms with Gasteiger partial charge in [-0.1, -0.05) is 18.2 Å². The van der Waals surface area contributed by atoms with Gasteiger partial charge >= 0.3 is 0 Å². The molecule has 4 rings (SSSR count). The molecule has 0 bridgehead atoms. The second-order valence-electron chi connectivity index (χ2n) is 6.72. The van der Waals surface area contributed by atoms with Gasteiger partial charge in [0.2, 0.25) is 0 Å². The molecule has 2 aromatic carbocycles. The van der Waals surface area contributed by atoms with Gasteiger partial charge < -0.3 is 14.9 Å². The Kier molecular flexibility index (Phi) is 4.87. The summed E-state index contributed by atoms with van der Waals surface area (Å²) in [5, 5.41) is 20.5. The quantitative estimate of drug-likeness (QED) is 0.505. The second kappa shape index (κ2) is 7.64. The summed E-state index contributed by atoms with van der Waals surface area (Å²) in [5.41, 5.74) is 4.85. The molecule has 0 saturated carbocycles. The van der Waals surface area contributed by atoms with Gasteiger partial charge in [0.1, 0.15) is 17.2 Å². The fourth-order valence-electron chi connectivity index (χ4n) is 3.16. The van der Waals surface area contributed by atoms with E-state index in [2.05, 4.69) is 9.97 Å². The highest BCUT2D eigenvalue weighted by atomic mass is 16.5. The molecule has 2 N–H and O–H groups in total. The Bertz CT molecular complexity index is 1190. The van der Waals surface area contributed by atoms with Crippen molar-refractivity contribution in [3.05, 3.63) is 78.4 Å². The van der Waals surface area contributed by atoms with Crippen molar-refractivity contribution in [3.8, 4) is 51.2 Å². The summed E-state index contributed by atoms with van der Waals surface area (Å²) < 4.78 is 5.26. The minimum Gasteiger partial charge on any atom is -0.507 e. The summed E-state index contributed by atoms with van der Waals surface area (Å²) in [4.78, 5) is 9.37. The van der Waals surface area contributed by atoms with Crippen LogP contribution in [0.2, 0.25) is 0 Å². The van der Waals surface area contributed by atoms with Gasteiger partial charge in [-0.15, -0.1) is 0 Å². The molecule has 0 spiro atoms. The van der Waals surface area contributed by atoms with Gasteiger partial charge in [-0.3, -0.25) is 0 Å². The number of ether oxygens (including phenoxy) is 1. The van der Waals surface area contributed by atoms with Crippen LogP contribution in [-0.4, -0.2) is 27.3 Å². The molecular formula is C24H20N2O3. The second-order valence-corrected chi connectivity index (χ2v) is 6.72. The van der Waals surface area contributed by atoms with Crippen molar-refractivity contribution in [3.63, 3.8) is 0 Å². The Morgan fingerprint density at radius 3 is 1.90 bits per heavy atom. The number of aromatic nitrogens is 2. The Balaban J connectivity index is 1.76. The molecule has 2 heterocycles. The fraction of sp³-hybridized carbons (Fsp3) is 0.0833. The summed E-state index contributed by atoms with van der Waals surface area (Å²) in [7, 11) is 1.58. The van der Waals surface area contributed by atoms with Crippen LogP contribution in [0.15, 0.2) is 72.8 Å². The topological polar surface area (TPSA) is 75.5 Å². The zero-order chi connectivity index (χ0) is 20.4. The van der Waals surface area contributed by atoms with Crippen molar-refractivity contribution in [2.45, 2.75) is 6.92 Å². The number of pyridine rings is 2. The van der Waals surface area contributed by atoms with Crippen LogP contribution in [0.3, 0.4) is 0 Å². The lowest BCUT2D eigenvalue weighted by Crippen LogP contribution is -1.93. The lowest BCUT2D eigenvalue weighted by Gasteiger charge is -2.10. The van der Waals surface area contributed by atoms with Crippen LogP contribution in [0.1, 0.15) is 5.56 Å². The normalized spacial score (nSPS) is 10.7. The summed E-state index contributed by atoms with van der Waals surface area (Å²) >= 11 is 0. The molecule has 4 aromatic rings. The van der Waals surface area contributed by atoms with E-state index in [4.69, 9.17) is 4.74 Å². The molecule has 0 fully saturated rings. The SMILES string of the molecule is COc1ccc(O)c(-c2cccc(-c3cccc(-c4ccc(C)cc4O)n3)n2)c1. The van der Waals surface area contributed by atoms with Gasteiger partial charge in [0, 0.05) is 11.1 Å². The maximum atomic E-state index is 10.3. The van der Waals surface area contributed by atoms with E-state index in [0.29, 0.717) is 39.7 Å². The van der Waals surface area contributed by atoms with E-state index in [9.17, 15) is 10.2 Å². The number of hydrogen-bond donors (Lipinski definition) is 2. The van der Waals surface area contributed by atoms with Crippen LogP contribution in [0.4, 0.5) is 0 Å². The van der Waals surface area contributed by atoms with E-state index in [-0.39, 0.29) is 11.5 Å². The average molecular weight is 384 g/mol. The van der Waals surface area contributed by atoms with Gasteiger partial charge in [0.15, 0.2) is 0 Å². The van der Waals surface area contributed by atoms with Crippen LogP contribution in [0.25, 0.3) is 33.9 Å². The zero-order valence-corrected chi connectivity index (χ0v) is 16.1. The maximum absolute atomic E-state index is 10.3. The molecular weight excluding hydrogens is 364 g/mol.